The third-order valence-corrected chi connectivity index (χ3v) is 2.79. The van der Waals surface area contributed by atoms with Crippen LogP contribution in [0.2, 0.25) is 0 Å². The van der Waals surface area contributed by atoms with Crippen LogP contribution in [0.1, 0.15) is 27.7 Å². The number of hydrogen-bond donors (Lipinski definition) is 2. The maximum atomic E-state index is 11.1. The second kappa shape index (κ2) is 6.41. The minimum absolute atomic E-state index is 0.0775. The summed E-state index contributed by atoms with van der Waals surface area (Å²) < 4.78 is 0. The summed E-state index contributed by atoms with van der Waals surface area (Å²) >= 11 is 0. The van der Waals surface area contributed by atoms with Crippen molar-refractivity contribution in [3.8, 4) is 6.07 Å². The number of nitrogens with zero attached hydrogens (tertiary/aromatic N) is 1. The van der Waals surface area contributed by atoms with Gasteiger partial charge in [-0.15, -0.1) is 0 Å². The van der Waals surface area contributed by atoms with E-state index in [1.165, 1.54) is 0 Å². The first-order valence-corrected chi connectivity index (χ1v) is 5.24. The molecule has 86 valence electrons. The summed E-state index contributed by atoms with van der Waals surface area (Å²) in [5.41, 5.74) is 0.176. The molecule has 0 aromatic carbocycles. The van der Waals surface area contributed by atoms with Crippen LogP contribution in [0.15, 0.2) is 0 Å². The van der Waals surface area contributed by atoms with Crippen LogP contribution in [0.3, 0.4) is 0 Å². The quantitative estimate of drug-likeness (QED) is 0.641. The lowest BCUT2D eigenvalue weighted by molar-refractivity contribution is -0.120. The highest BCUT2D eigenvalue weighted by Gasteiger charge is 2.21. The number of nitriles is 1. The van der Waals surface area contributed by atoms with Crippen LogP contribution >= 0.6 is 0 Å². The van der Waals surface area contributed by atoms with Gasteiger partial charge in [0.2, 0.25) is 5.91 Å². The fourth-order valence-corrected chi connectivity index (χ4v) is 0.903. The van der Waals surface area contributed by atoms with Gasteiger partial charge in [-0.05, 0) is 11.3 Å². The number of hydrogen-bond acceptors (Lipinski definition) is 3. The summed E-state index contributed by atoms with van der Waals surface area (Å²) in [6.45, 7) is 9.81. The van der Waals surface area contributed by atoms with Gasteiger partial charge in [0.15, 0.2) is 0 Å². The topological polar surface area (TPSA) is 64.9 Å². The zero-order chi connectivity index (χ0) is 11.9. The van der Waals surface area contributed by atoms with Gasteiger partial charge >= 0.3 is 0 Å². The van der Waals surface area contributed by atoms with Crippen molar-refractivity contribution in [1.29, 1.82) is 5.26 Å². The third kappa shape index (κ3) is 6.08. The first-order valence-electron chi connectivity index (χ1n) is 5.24. The summed E-state index contributed by atoms with van der Waals surface area (Å²) in [6, 6.07) is 1.86. The molecule has 4 nitrogen and oxygen atoms in total. The molecule has 15 heavy (non-hydrogen) atoms. The summed E-state index contributed by atoms with van der Waals surface area (Å²) in [5, 5.41) is 13.8. The zero-order valence-electron chi connectivity index (χ0n) is 10.1. The summed E-state index contributed by atoms with van der Waals surface area (Å²) in [5.74, 6) is 0.434. The van der Waals surface area contributed by atoms with Crippen LogP contribution in [0, 0.1) is 22.7 Å². The smallest absolute Gasteiger partial charge is 0.234 e. The van der Waals surface area contributed by atoms with Gasteiger partial charge < -0.3 is 10.6 Å². The Kier molecular flexibility index (Phi) is 5.95. The van der Waals surface area contributed by atoms with Crippen molar-refractivity contribution in [3.05, 3.63) is 0 Å². The minimum atomic E-state index is -0.129. The van der Waals surface area contributed by atoms with Crippen LogP contribution in [0.25, 0.3) is 0 Å². The van der Waals surface area contributed by atoms with Crippen LogP contribution in [-0.2, 0) is 4.79 Å². The third-order valence-electron chi connectivity index (χ3n) is 2.79. The van der Waals surface area contributed by atoms with Crippen molar-refractivity contribution in [1.82, 2.24) is 10.6 Å². The van der Waals surface area contributed by atoms with E-state index in [1.807, 2.05) is 6.07 Å². The monoisotopic (exact) mass is 211 g/mol. The molecule has 0 saturated heterocycles. The van der Waals surface area contributed by atoms with Crippen LogP contribution in [0.5, 0.6) is 0 Å². The van der Waals surface area contributed by atoms with E-state index in [4.69, 9.17) is 5.26 Å². The summed E-state index contributed by atoms with van der Waals surface area (Å²) in [7, 11) is 0. The van der Waals surface area contributed by atoms with Crippen LogP contribution in [-0.4, -0.2) is 25.5 Å². The lowest BCUT2D eigenvalue weighted by atomic mass is 9.81. The number of carbonyl (C=O) groups is 1. The Labute approximate surface area is 92.0 Å². The molecular formula is C11H21N3O. The van der Waals surface area contributed by atoms with Gasteiger partial charge in [-0.3, -0.25) is 4.79 Å². The average molecular weight is 211 g/mol. The largest absolute Gasteiger partial charge is 0.342 e. The van der Waals surface area contributed by atoms with E-state index in [0.29, 0.717) is 5.92 Å². The van der Waals surface area contributed by atoms with E-state index >= 15 is 0 Å². The Hall–Kier alpha value is -1.08. The molecule has 0 saturated carbocycles. The molecule has 0 aliphatic carbocycles. The predicted molar refractivity (Wildman–Crippen MR) is 60.1 cm³/mol. The first kappa shape index (κ1) is 13.9. The number of amides is 1. The molecule has 1 amide bonds. The fraction of sp³-hybridized carbons (Fsp3) is 0.818. The molecule has 0 aromatic rings. The maximum absolute atomic E-state index is 11.1. The van der Waals surface area contributed by atoms with Gasteiger partial charge in [0, 0.05) is 6.54 Å². The predicted octanol–water partition coefficient (Wildman–Crippen LogP) is 0.898. The van der Waals surface area contributed by atoms with Crippen molar-refractivity contribution in [3.63, 3.8) is 0 Å². The Morgan fingerprint density at radius 3 is 2.53 bits per heavy atom. The van der Waals surface area contributed by atoms with Crippen molar-refractivity contribution >= 4 is 5.91 Å². The van der Waals surface area contributed by atoms with Gasteiger partial charge in [0.25, 0.3) is 0 Å². The Morgan fingerprint density at radius 2 is 2.07 bits per heavy atom. The Bertz CT molecular complexity index is 241. The van der Waals surface area contributed by atoms with E-state index in [9.17, 15) is 4.79 Å². The SMILES string of the molecule is CC(C)C(C)(C)CNCC(=O)NCC#N. The molecule has 0 heterocycles. The molecule has 2 N–H and O–H groups in total. The molecule has 4 heteroatoms. The number of nitrogens with one attached hydrogen (secondary N) is 2. The van der Waals surface area contributed by atoms with Crippen molar-refractivity contribution in [2.75, 3.05) is 19.6 Å². The maximum Gasteiger partial charge on any atom is 0.234 e. The zero-order valence-corrected chi connectivity index (χ0v) is 10.1. The van der Waals surface area contributed by atoms with Gasteiger partial charge in [-0.1, -0.05) is 27.7 Å². The van der Waals surface area contributed by atoms with Crippen LogP contribution in [0.4, 0.5) is 0 Å². The minimum Gasteiger partial charge on any atom is -0.342 e. The highest BCUT2D eigenvalue weighted by Crippen LogP contribution is 2.24. The second-order valence-corrected chi connectivity index (χ2v) is 4.68. The highest BCUT2D eigenvalue weighted by molar-refractivity contribution is 5.78. The van der Waals surface area contributed by atoms with Crippen LogP contribution < -0.4 is 10.6 Å². The molecule has 0 aromatic heterocycles. The highest BCUT2D eigenvalue weighted by atomic mass is 16.1. The molecule has 0 spiro atoms. The van der Waals surface area contributed by atoms with Crippen molar-refractivity contribution < 1.29 is 4.79 Å². The molecule has 0 atom stereocenters. The van der Waals surface area contributed by atoms with E-state index in [-0.39, 0.29) is 24.4 Å². The van der Waals surface area contributed by atoms with E-state index in [1.54, 1.807) is 0 Å². The molecule has 0 radical (unpaired) electrons. The van der Waals surface area contributed by atoms with Gasteiger partial charge in [0.1, 0.15) is 6.54 Å². The van der Waals surface area contributed by atoms with E-state index in [0.717, 1.165) is 6.54 Å². The van der Waals surface area contributed by atoms with Gasteiger partial charge in [-0.2, -0.15) is 5.26 Å². The molecule has 0 unspecified atom stereocenters. The molecular weight excluding hydrogens is 190 g/mol. The summed E-state index contributed by atoms with van der Waals surface area (Å²) in [4.78, 5) is 11.1. The lowest BCUT2D eigenvalue weighted by Gasteiger charge is -2.29. The lowest BCUT2D eigenvalue weighted by Crippen LogP contribution is -2.40. The van der Waals surface area contributed by atoms with Gasteiger partial charge in [0.05, 0.1) is 12.6 Å². The van der Waals surface area contributed by atoms with Crippen molar-refractivity contribution in [2.24, 2.45) is 11.3 Å². The van der Waals surface area contributed by atoms with Gasteiger partial charge in [-0.25, -0.2) is 0 Å². The first-order chi connectivity index (χ1) is 6.90. The fourth-order valence-electron chi connectivity index (χ4n) is 0.903. The number of carbonyl (C=O) groups excluding carboxylic acids is 1. The Balaban J connectivity index is 3.71. The normalized spacial score (nSPS) is 11.2. The average Bonchev–Trinajstić information content (AvgIpc) is 2.14. The molecule has 0 bridgehead atoms. The van der Waals surface area contributed by atoms with E-state index < -0.39 is 0 Å². The van der Waals surface area contributed by atoms with E-state index in [2.05, 4.69) is 38.3 Å². The second-order valence-electron chi connectivity index (χ2n) is 4.68. The summed E-state index contributed by atoms with van der Waals surface area (Å²) in [6.07, 6.45) is 0. The molecule has 0 fully saturated rings. The Morgan fingerprint density at radius 1 is 1.47 bits per heavy atom. The molecule has 0 rings (SSSR count). The molecule has 0 aliphatic heterocycles. The standard InChI is InChI=1S/C11H21N3O/c1-9(2)11(3,4)8-13-7-10(15)14-6-5-12/h9,13H,6-8H2,1-4H3,(H,14,15). The van der Waals surface area contributed by atoms with Crippen molar-refractivity contribution in [2.45, 2.75) is 27.7 Å². The number of rotatable bonds is 6. The molecule has 0 aliphatic rings.